The van der Waals surface area contributed by atoms with E-state index in [1.54, 1.807) is 32.3 Å². The number of nitrogens with one attached hydrogen (secondary N) is 1. The first kappa shape index (κ1) is 29.0. The molecule has 0 aromatic heterocycles. The van der Waals surface area contributed by atoms with Gasteiger partial charge in [0, 0.05) is 30.0 Å². The summed E-state index contributed by atoms with van der Waals surface area (Å²) in [6, 6.07) is 5.96. The summed E-state index contributed by atoms with van der Waals surface area (Å²) in [7, 11) is 3.10. The number of aliphatic hydroxyl groups excluding tert-OH is 2. The van der Waals surface area contributed by atoms with Gasteiger partial charge in [0.15, 0.2) is 11.4 Å². The molecule has 10 nitrogen and oxygen atoms in total. The molecule has 0 saturated heterocycles. The lowest BCUT2D eigenvalue weighted by Gasteiger charge is -2.50. The molecule has 5 rings (SSSR count). The molecule has 0 aliphatic heterocycles. The Morgan fingerprint density at radius 3 is 2.59 bits per heavy atom. The maximum Gasteiger partial charge on any atom is 0.255 e. The van der Waals surface area contributed by atoms with Crippen LogP contribution in [0.25, 0.3) is 16.5 Å². The molecule has 3 aliphatic carbocycles. The van der Waals surface area contributed by atoms with E-state index in [1.165, 1.54) is 4.90 Å². The third kappa shape index (κ3) is 4.39. The van der Waals surface area contributed by atoms with E-state index >= 15 is 0 Å². The Labute approximate surface area is 239 Å². The molecule has 12 heteroatoms. The summed E-state index contributed by atoms with van der Waals surface area (Å²) < 4.78 is 13.5. The van der Waals surface area contributed by atoms with E-state index < -0.39 is 64.2 Å². The number of rotatable bonds is 7. The van der Waals surface area contributed by atoms with Crippen LogP contribution in [0.3, 0.4) is 0 Å². The number of nitrogens with two attached hydrogens (primary N) is 1. The summed E-state index contributed by atoms with van der Waals surface area (Å²) >= 11 is 5.51. The number of nitrogens with zero attached hydrogens (tertiary/aromatic N) is 1. The van der Waals surface area contributed by atoms with Gasteiger partial charge in [0.05, 0.1) is 17.5 Å². The predicted octanol–water partition coefficient (Wildman–Crippen LogP) is 1.78. The molecule has 1 unspecified atom stereocenters. The lowest BCUT2D eigenvalue weighted by atomic mass is 9.57. The van der Waals surface area contributed by atoms with Crippen LogP contribution in [0.15, 0.2) is 41.2 Å². The van der Waals surface area contributed by atoms with Crippen LogP contribution >= 0.6 is 11.6 Å². The Balaban J connectivity index is 1.62. The highest BCUT2D eigenvalue weighted by molar-refractivity contribution is 6.24. The first-order valence-electron chi connectivity index (χ1n) is 13.2. The summed E-state index contributed by atoms with van der Waals surface area (Å²) in [4.78, 5) is 40.7. The fourth-order valence-corrected chi connectivity index (χ4v) is 6.70. The number of carbonyl (C=O) groups excluding carboxylic acids is 3. The monoisotopic (exact) mass is 587 g/mol. The van der Waals surface area contributed by atoms with E-state index in [1.807, 2.05) is 6.07 Å². The number of hydrogen-bond donors (Lipinski definition) is 6. The molecule has 0 bridgehead atoms. The Hall–Kier alpha value is -3.51. The average molecular weight is 588 g/mol. The van der Waals surface area contributed by atoms with Crippen molar-refractivity contribution in [3.05, 3.63) is 57.9 Å². The van der Waals surface area contributed by atoms with Gasteiger partial charge in [0.25, 0.3) is 5.91 Å². The first-order valence-corrected chi connectivity index (χ1v) is 13.7. The molecule has 0 heterocycles. The number of hydrogen-bond acceptors (Lipinski definition) is 9. The summed E-state index contributed by atoms with van der Waals surface area (Å²) in [5.41, 5.74) is 2.92. The molecular formula is C29H31ClFN3O7. The molecule has 0 radical (unpaired) electrons. The normalized spacial score (nSPS) is 26.7. The standard InChI is InChI=1S/C29H31ClFN3O7/c1-34(2)22-18-8-15-7-14-6-13-4-3-12(10-33-11-16(31)9-30)5-17(13)23(35)19(14)24(36)20(15)26(38)29(18,41)27(39)21(25(22)37)28(32)40/h3-6,15-16,18,22,33,35-36,39,41H,7-11H2,1-2H3,(H2,32,40)/t15-,16?,18-,22-,29-/m0/s1. The van der Waals surface area contributed by atoms with Gasteiger partial charge in [-0.15, -0.1) is 11.6 Å². The second-order valence-electron chi connectivity index (χ2n) is 11.2. The fourth-order valence-electron chi connectivity index (χ4n) is 6.60. The number of alkyl halides is 2. The largest absolute Gasteiger partial charge is 0.508 e. The van der Waals surface area contributed by atoms with Crippen molar-refractivity contribution in [3.63, 3.8) is 0 Å². The summed E-state index contributed by atoms with van der Waals surface area (Å²) in [5.74, 6) is -7.01. The number of likely N-dealkylation sites (N-methyl/N-ethyl adjacent to an activating group) is 1. The van der Waals surface area contributed by atoms with Gasteiger partial charge < -0.3 is 31.5 Å². The van der Waals surface area contributed by atoms with Crippen LogP contribution in [-0.4, -0.2) is 87.1 Å². The van der Waals surface area contributed by atoms with E-state index in [2.05, 4.69) is 5.32 Å². The first-order chi connectivity index (χ1) is 19.3. The number of fused-ring (bicyclic) bond motifs is 4. The van der Waals surface area contributed by atoms with E-state index in [0.717, 1.165) is 5.56 Å². The fraction of sp³-hybridized carbons (Fsp3) is 0.414. The molecule has 0 spiro atoms. The van der Waals surface area contributed by atoms with Gasteiger partial charge in [-0.25, -0.2) is 4.39 Å². The van der Waals surface area contributed by atoms with Crippen molar-refractivity contribution in [1.29, 1.82) is 0 Å². The highest BCUT2D eigenvalue weighted by Gasteiger charge is 2.64. The zero-order valence-corrected chi connectivity index (χ0v) is 23.2. The molecule has 2 aromatic rings. The number of phenols is 1. The molecule has 5 atom stereocenters. The molecule has 41 heavy (non-hydrogen) atoms. The molecule has 2 aromatic carbocycles. The number of primary amides is 1. The highest BCUT2D eigenvalue weighted by Crippen LogP contribution is 2.53. The average Bonchev–Trinajstić information content (AvgIpc) is 2.90. The lowest BCUT2D eigenvalue weighted by molar-refractivity contribution is -0.153. The Kier molecular flexibility index (Phi) is 7.35. The number of ketones is 2. The third-order valence-electron chi connectivity index (χ3n) is 8.45. The topological polar surface area (TPSA) is 173 Å². The van der Waals surface area contributed by atoms with Crippen molar-refractivity contribution < 1.29 is 39.2 Å². The minimum Gasteiger partial charge on any atom is -0.508 e. The van der Waals surface area contributed by atoms with Crippen LogP contribution in [0.2, 0.25) is 0 Å². The van der Waals surface area contributed by atoms with Crippen molar-refractivity contribution in [1.82, 2.24) is 10.2 Å². The zero-order chi connectivity index (χ0) is 30.0. The van der Waals surface area contributed by atoms with Crippen molar-refractivity contribution >= 4 is 45.6 Å². The number of halogens is 2. The Bertz CT molecular complexity index is 1550. The van der Waals surface area contributed by atoms with Gasteiger partial charge >= 0.3 is 0 Å². The number of aromatic hydroxyl groups is 1. The molecule has 7 N–H and O–H groups in total. The van der Waals surface area contributed by atoms with Crippen molar-refractivity contribution in [2.75, 3.05) is 26.5 Å². The number of Topliss-reactive ketones (excluding diaryl/α,β-unsaturated/α-hetero) is 2. The van der Waals surface area contributed by atoms with Gasteiger partial charge in [0.1, 0.15) is 29.0 Å². The predicted molar refractivity (Wildman–Crippen MR) is 149 cm³/mol. The molecule has 218 valence electrons. The van der Waals surface area contributed by atoms with Crippen LogP contribution in [0, 0.1) is 11.8 Å². The maximum atomic E-state index is 13.9. The van der Waals surface area contributed by atoms with Crippen LogP contribution in [0.1, 0.15) is 23.1 Å². The van der Waals surface area contributed by atoms with E-state index in [-0.39, 0.29) is 42.2 Å². The van der Waals surface area contributed by atoms with Gasteiger partial charge in [-0.05, 0) is 55.4 Å². The molecule has 1 amide bonds. The molecule has 1 saturated carbocycles. The minimum atomic E-state index is -2.69. The quantitative estimate of drug-likeness (QED) is 0.208. The van der Waals surface area contributed by atoms with Gasteiger partial charge in [0.2, 0.25) is 5.78 Å². The summed E-state index contributed by atoms with van der Waals surface area (Å²) in [6.45, 7) is 0.350. The van der Waals surface area contributed by atoms with Crippen LogP contribution < -0.4 is 11.1 Å². The second kappa shape index (κ2) is 10.4. The van der Waals surface area contributed by atoms with Gasteiger partial charge in [-0.2, -0.15) is 0 Å². The minimum absolute atomic E-state index is 0.0184. The smallest absolute Gasteiger partial charge is 0.255 e. The number of benzene rings is 2. The maximum absolute atomic E-state index is 13.9. The van der Waals surface area contributed by atoms with Crippen LogP contribution in [0.4, 0.5) is 4.39 Å². The third-order valence-corrected chi connectivity index (χ3v) is 8.79. The number of carbonyl (C=O) groups is 3. The van der Waals surface area contributed by atoms with Crippen molar-refractivity contribution in [2.24, 2.45) is 17.6 Å². The molecule has 3 aliphatic rings. The highest BCUT2D eigenvalue weighted by atomic mass is 35.5. The number of phenolic OH excluding ortho intramolecular Hbond substituents is 1. The second-order valence-corrected chi connectivity index (χ2v) is 11.5. The SMILES string of the molecule is CN(C)[C@@H]1C(=O)C(C(N)=O)=C(O)[C@@]2(O)C(=O)C3=C(O)c4c(cc5ccc(CNCC(F)CCl)cc5c4O)C[C@H]3C[C@@H]12. The summed E-state index contributed by atoms with van der Waals surface area (Å²) in [6.07, 6.45) is -0.981. The Morgan fingerprint density at radius 2 is 1.95 bits per heavy atom. The van der Waals surface area contributed by atoms with Crippen molar-refractivity contribution in [3.8, 4) is 5.75 Å². The van der Waals surface area contributed by atoms with Gasteiger partial charge in [-0.3, -0.25) is 19.3 Å². The van der Waals surface area contributed by atoms with E-state index in [4.69, 9.17) is 17.3 Å². The van der Waals surface area contributed by atoms with Crippen LogP contribution in [0.5, 0.6) is 5.75 Å². The zero-order valence-electron chi connectivity index (χ0n) is 22.4. The number of amides is 1. The number of aliphatic hydroxyl groups is 3. The van der Waals surface area contributed by atoms with E-state index in [0.29, 0.717) is 22.9 Å². The molecule has 1 fully saturated rings. The van der Waals surface area contributed by atoms with Gasteiger partial charge in [-0.1, -0.05) is 18.2 Å². The van der Waals surface area contributed by atoms with E-state index in [9.17, 15) is 39.2 Å². The molecular weight excluding hydrogens is 557 g/mol. The van der Waals surface area contributed by atoms with Crippen molar-refractivity contribution in [2.45, 2.75) is 37.2 Å². The van der Waals surface area contributed by atoms with Crippen LogP contribution in [-0.2, 0) is 27.3 Å². The Morgan fingerprint density at radius 1 is 1.24 bits per heavy atom. The summed E-state index contributed by atoms with van der Waals surface area (Å²) in [5, 5.41) is 49.4. The lowest BCUT2D eigenvalue weighted by Crippen LogP contribution is -2.65.